The number of rotatable bonds is 5. The van der Waals surface area contributed by atoms with Crippen LogP contribution in [-0.2, 0) is 12.6 Å². The lowest BCUT2D eigenvalue weighted by Crippen LogP contribution is -2.18. The van der Waals surface area contributed by atoms with Gasteiger partial charge in [0.1, 0.15) is 5.82 Å². The topological polar surface area (TPSA) is 68.0 Å². The van der Waals surface area contributed by atoms with E-state index in [-0.39, 0.29) is 11.8 Å². The molecule has 6 nitrogen and oxygen atoms in total. The van der Waals surface area contributed by atoms with Crippen LogP contribution in [0.3, 0.4) is 0 Å². The normalized spacial score (nSPS) is 12.8. The second-order valence-corrected chi connectivity index (χ2v) is 7.07. The third-order valence-electron chi connectivity index (χ3n) is 4.62. The minimum Gasteiger partial charge on any atom is -0.361 e. The molecule has 30 heavy (non-hydrogen) atoms. The number of pyridine rings is 1. The molecule has 9 heteroatoms. The van der Waals surface area contributed by atoms with Gasteiger partial charge in [0.05, 0.1) is 11.7 Å². The maximum atomic E-state index is 13.1. The Bertz CT molecular complexity index is 1150. The predicted molar refractivity (Wildman–Crippen MR) is 106 cm³/mol. The van der Waals surface area contributed by atoms with Gasteiger partial charge < -0.3 is 5.32 Å². The highest BCUT2D eigenvalue weighted by Crippen LogP contribution is 2.28. The van der Waals surface area contributed by atoms with Crippen molar-refractivity contribution in [3.05, 3.63) is 83.1 Å². The molecule has 154 valence electrons. The summed E-state index contributed by atoms with van der Waals surface area (Å²) < 4.78 is 40.4. The highest BCUT2D eigenvalue weighted by Gasteiger charge is 2.37. The Morgan fingerprint density at radius 2 is 1.80 bits per heavy atom. The van der Waals surface area contributed by atoms with Crippen LogP contribution < -0.4 is 5.32 Å². The van der Waals surface area contributed by atoms with Crippen molar-refractivity contribution in [3.8, 4) is 0 Å². The molecule has 0 bridgehead atoms. The van der Waals surface area contributed by atoms with E-state index in [1.165, 1.54) is 0 Å². The third-order valence-corrected chi connectivity index (χ3v) is 4.62. The van der Waals surface area contributed by atoms with Gasteiger partial charge in [-0.15, -0.1) is 5.10 Å². The average molecular weight is 412 g/mol. The van der Waals surface area contributed by atoms with Gasteiger partial charge in [-0.1, -0.05) is 35.9 Å². The summed E-state index contributed by atoms with van der Waals surface area (Å²) in [6.07, 6.45) is -2.38. The molecule has 3 heterocycles. The van der Waals surface area contributed by atoms with Crippen LogP contribution in [0.1, 0.15) is 34.4 Å². The van der Waals surface area contributed by atoms with Crippen LogP contribution in [0, 0.1) is 13.8 Å². The lowest BCUT2D eigenvalue weighted by atomic mass is 10.0. The number of nitrogens with zero attached hydrogens (tertiary/aromatic N) is 5. The standard InChI is InChI=1S/C21H19F3N6/c1-13-6-8-15(9-7-13)12-17(16-5-3-4-10-25-16)27-18-11-14(2)26-20-28-19(21(22,23)24)29-30(18)20/h3-11,17,27H,12H2,1-2H3. The molecule has 1 N–H and O–H groups in total. The molecule has 3 aromatic heterocycles. The van der Waals surface area contributed by atoms with E-state index < -0.39 is 12.0 Å². The van der Waals surface area contributed by atoms with Gasteiger partial charge in [0.25, 0.3) is 11.6 Å². The lowest BCUT2D eigenvalue weighted by molar-refractivity contribution is -0.144. The lowest BCUT2D eigenvalue weighted by Gasteiger charge is -2.20. The first-order chi connectivity index (χ1) is 14.3. The Morgan fingerprint density at radius 3 is 2.47 bits per heavy atom. The number of fused-ring (bicyclic) bond motifs is 1. The zero-order valence-electron chi connectivity index (χ0n) is 16.4. The van der Waals surface area contributed by atoms with E-state index >= 15 is 0 Å². The predicted octanol–water partition coefficient (Wildman–Crippen LogP) is 4.55. The Labute approximate surface area is 170 Å². The minimum atomic E-state index is -4.65. The van der Waals surface area contributed by atoms with Crippen molar-refractivity contribution in [2.24, 2.45) is 0 Å². The van der Waals surface area contributed by atoms with E-state index in [9.17, 15) is 13.2 Å². The van der Waals surface area contributed by atoms with Gasteiger partial charge in [0, 0.05) is 18.0 Å². The molecule has 1 atom stereocenters. The van der Waals surface area contributed by atoms with E-state index in [4.69, 9.17) is 0 Å². The van der Waals surface area contributed by atoms with E-state index in [1.807, 2.05) is 49.4 Å². The van der Waals surface area contributed by atoms with Crippen molar-refractivity contribution >= 4 is 11.6 Å². The van der Waals surface area contributed by atoms with Crippen LogP contribution >= 0.6 is 0 Å². The first-order valence-corrected chi connectivity index (χ1v) is 9.34. The third kappa shape index (κ3) is 4.24. The zero-order valence-corrected chi connectivity index (χ0v) is 16.4. The van der Waals surface area contributed by atoms with Crippen LogP contribution in [0.25, 0.3) is 5.78 Å². The monoisotopic (exact) mass is 412 g/mol. The van der Waals surface area contributed by atoms with Crippen LogP contribution in [0.15, 0.2) is 54.7 Å². The highest BCUT2D eigenvalue weighted by atomic mass is 19.4. The van der Waals surface area contributed by atoms with Crippen LogP contribution in [0.4, 0.5) is 19.0 Å². The number of aryl methyl sites for hydroxylation is 2. The molecule has 1 unspecified atom stereocenters. The summed E-state index contributed by atoms with van der Waals surface area (Å²) in [5, 5.41) is 6.92. The van der Waals surface area contributed by atoms with Gasteiger partial charge in [-0.3, -0.25) is 4.98 Å². The fourth-order valence-electron chi connectivity index (χ4n) is 3.16. The fraction of sp³-hybridized carbons (Fsp3) is 0.238. The van der Waals surface area contributed by atoms with Crippen molar-refractivity contribution in [2.45, 2.75) is 32.5 Å². The van der Waals surface area contributed by atoms with Gasteiger partial charge >= 0.3 is 6.18 Å². The molecule has 0 radical (unpaired) electrons. The summed E-state index contributed by atoms with van der Waals surface area (Å²) in [5.41, 5.74) is 3.51. The van der Waals surface area contributed by atoms with Gasteiger partial charge in [0.2, 0.25) is 0 Å². The Kier molecular flexibility index (Phi) is 5.11. The molecule has 0 saturated heterocycles. The van der Waals surface area contributed by atoms with Crippen LogP contribution in [-0.4, -0.2) is 24.6 Å². The molecule has 0 saturated carbocycles. The smallest absolute Gasteiger partial charge is 0.361 e. The van der Waals surface area contributed by atoms with E-state index in [1.54, 1.807) is 19.2 Å². The second-order valence-electron chi connectivity index (χ2n) is 7.07. The maximum absolute atomic E-state index is 13.1. The first-order valence-electron chi connectivity index (χ1n) is 9.34. The van der Waals surface area contributed by atoms with Crippen molar-refractivity contribution in [2.75, 3.05) is 5.32 Å². The second kappa shape index (κ2) is 7.74. The number of anilines is 1. The number of hydrogen-bond donors (Lipinski definition) is 1. The molecule has 0 aliphatic carbocycles. The molecule has 4 aromatic rings. The molecular formula is C21H19F3N6. The van der Waals surface area contributed by atoms with E-state index in [0.29, 0.717) is 17.9 Å². The van der Waals surface area contributed by atoms with Crippen molar-refractivity contribution in [3.63, 3.8) is 0 Å². The summed E-state index contributed by atoms with van der Waals surface area (Å²) in [6.45, 7) is 3.71. The first kappa shape index (κ1) is 19.8. The number of alkyl halides is 3. The molecular weight excluding hydrogens is 393 g/mol. The SMILES string of the molecule is Cc1ccc(CC(Nc2cc(C)nc3nc(C(F)(F)F)nn23)c2ccccn2)cc1. The van der Waals surface area contributed by atoms with Gasteiger partial charge in [0.15, 0.2) is 0 Å². The maximum Gasteiger partial charge on any atom is 0.453 e. The van der Waals surface area contributed by atoms with Crippen molar-refractivity contribution < 1.29 is 13.2 Å². The van der Waals surface area contributed by atoms with Crippen molar-refractivity contribution in [1.29, 1.82) is 0 Å². The van der Waals surface area contributed by atoms with Crippen LogP contribution in [0.2, 0.25) is 0 Å². The quantitative estimate of drug-likeness (QED) is 0.521. The number of nitrogens with one attached hydrogen (secondary N) is 1. The van der Waals surface area contributed by atoms with E-state index in [0.717, 1.165) is 21.3 Å². The zero-order chi connectivity index (χ0) is 21.3. The molecule has 0 aliphatic rings. The highest BCUT2D eigenvalue weighted by molar-refractivity contribution is 5.47. The molecule has 1 aromatic carbocycles. The Balaban J connectivity index is 1.74. The van der Waals surface area contributed by atoms with Crippen molar-refractivity contribution in [1.82, 2.24) is 24.6 Å². The Morgan fingerprint density at radius 1 is 1.03 bits per heavy atom. The average Bonchev–Trinajstić information content (AvgIpc) is 3.14. The summed E-state index contributed by atoms with van der Waals surface area (Å²) >= 11 is 0. The summed E-state index contributed by atoms with van der Waals surface area (Å²) in [5.74, 6) is -0.972. The largest absolute Gasteiger partial charge is 0.453 e. The minimum absolute atomic E-state index is 0.111. The number of benzene rings is 1. The molecule has 0 fully saturated rings. The molecule has 0 spiro atoms. The summed E-state index contributed by atoms with van der Waals surface area (Å²) in [7, 11) is 0. The molecule has 4 rings (SSSR count). The number of halogens is 3. The van der Waals surface area contributed by atoms with Gasteiger partial charge in [-0.25, -0.2) is 4.98 Å². The van der Waals surface area contributed by atoms with Crippen LogP contribution in [0.5, 0.6) is 0 Å². The summed E-state index contributed by atoms with van der Waals surface area (Å²) in [6, 6.07) is 15.0. The molecule has 0 aliphatic heterocycles. The number of aromatic nitrogens is 5. The van der Waals surface area contributed by atoms with Gasteiger partial charge in [-0.05, 0) is 38.0 Å². The molecule has 0 amide bonds. The number of hydrogen-bond acceptors (Lipinski definition) is 5. The van der Waals surface area contributed by atoms with E-state index in [2.05, 4.69) is 25.4 Å². The fourth-order valence-corrected chi connectivity index (χ4v) is 3.16. The van der Waals surface area contributed by atoms with Gasteiger partial charge in [-0.2, -0.15) is 22.7 Å². The summed E-state index contributed by atoms with van der Waals surface area (Å²) in [4.78, 5) is 12.0. The Hall–Kier alpha value is -3.49.